The van der Waals surface area contributed by atoms with Crippen LogP contribution in [0.4, 0.5) is 5.95 Å². The van der Waals surface area contributed by atoms with Crippen LogP contribution in [0.1, 0.15) is 55.4 Å². The first-order chi connectivity index (χ1) is 21.3. The monoisotopic (exact) mass is 603 g/mol. The Bertz CT molecular complexity index is 1370. The zero-order chi connectivity index (χ0) is 31.1. The van der Waals surface area contributed by atoms with E-state index in [2.05, 4.69) is 32.0 Å². The summed E-state index contributed by atoms with van der Waals surface area (Å²) in [6, 6.07) is 17.5. The Morgan fingerprint density at radius 2 is 1.61 bits per heavy atom. The van der Waals surface area contributed by atoms with E-state index in [-0.39, 0.29) is 30.6 Å². The smallest absolute Gasteiger partial charge is 0.303 e. The molecule has 11 nitrogen and oxygen atoms in total. The average Bonchev–Trinajstić information content (AvgIpc) is 3.05. The number of aromatic nitrogens is 2. The lowest BCUT2D eigenvalue weighted by atomic mass is 9.90. The number of hydrogen-bond donors (Lipinski definition) is 2. The van der Waals surface area contributed by atoms with Gasteiger partial charge in [-0.3, -0.25) is 14.5 Å². The van der Waals surface area contributed by atoms with Crippen molar-refractivity contribution in [1.82, 2.24) is 20.2 Å². The second-order valence-electron chi connectivity index (χ2n) is 11.4. The van der Waals surface area contributed by atoms with Gasteiger partial charge in [-0.1, -0.05) is 55.5 Å². The van der Waals surface area contributed by atoms with Crippen LogP contribution in [0.3, 0.4) is 0 Å². The second-order valence-corrected chi connectivity index (χ2v) is 11.4. The maximum absolute atomic E-state index is 12.2. The lowest BCUT2D eigenvalue weighted by Gasteiger charge is -2.44. The van der Waals surface area contributed by atoms with E-state index in [0.29, 0.717) is 6.54 Å². The number of amides is 1. The summed E-state index contributed by atoms with van der Waals surface area (Å²) in [6.07, 6.45) is 1.82. The van der Waals surface area contributed by atoms with E-state index in [1.54, 1.807) is 19.3 Å². The summed E-state index contributed by atoms with van der Waals surface area (Å²) >= 11 is 0. The number of nitrogens with zero attached hydrogens (tertiary/aromatic N) is 4. The zero-order valence-electron chi connectivity index (χ0n) is 25.5. The van der Waals surface area contributed by atoms with Gasteiger partial charge < -0.3 is 29.5 Å². The second kappa shape index (κ2) is 14.7. The lowest BCUT2D eigenvalue weighted by molar-refractivity contribution is -0.276. The summed E-state index contributed by atoms with van der Waals surface area (Å²) in [5.74, 6) is -0.0114. The molecular weight excluding hydrogens is 562 g/mol. The minimum Gasteiger partial charge on any atom is -0.453 e. The fourth-order valence-corrected chi connectivity index (χ4v) is 5.60. The molecule has 11 heteroatoms. The fourth-order valence-electron chi connectivity index (χ4n) is 5.60. The van der Waals surface area contributed by atoms with Crippen LogP contribution >= 0.6 is 0 Å². The molecule has 0 aliphatic carbocycles. The van der Waals surface area contributed by atoms with Crippen LogP contribution in [0.25, 0.3) is 0 Å². The molecule has 234 valence electrons. The van der Waals surface area contributed by atoms with Crippen LogP contribution in [0.5, 0.6) is 0 Å². The molecule has 2 aliphatic rings. The van der Waals surface area contributed by atoms with E-state index >= 15 is 0 Å². The molecule has 1 unspecified atom stereocenters. The van der Waals surface area contributed by atoms with Crippen molar-refractivity contribution >= 4 is 17.8 Å². The van der Waals surface area contributed by atoms with Crippen LogP contribution in [-0.4, -0.2) is 76.8 Å². The standard InChI is InChI=1S/C33H41N5O6/c1-22-29(20-37-15-17-38(18-16-37)33-34-13-4-14-35-33)43-32(44-30(22)27-9-7-26(21-39)8-10-27)28-11-5-25(6-12-28)19-36-31(41)23(2)42-24(3)40/h4-14,22-23,29-30,32,39H,15-21H2,1-3H3,(H,36,41)/t22-,23-,29+,30+,32?/m0/s1. The summed E-state index contributed by atoms with van der Waals surface area (Å²) in [4.78, 5) is 36.8. The normalized spacial score (nSPS) is 23.1. The van der Waals surface area contributed by atoms with Gasteiger partial charge in [-0.2, -0.15) is 0 Å². The molecule has 44 heavy (non-hydrogen) atoms. The average molecular weight is 604 g/mol. The Morgan fingerprint density at radius 1 is 0.977 bits per heavy atom. The van der Waals surface area contributed by atoms with Crippen LogP contribution in [0, 0.1) is 5.92 Å². The number of piperazine rings is 1. The molecule has 0 spiro atoms. The van der Waals surface area contributed by atoms with Crippen molar-refractivity contribution < 1.29 is 28.9 Å². The molecule has 1 amide bonds. The summed E-state index contributed by atoms with van der Waals surface area (Å²) in [6.45, 7) is 9.49. The molecule has 5 atom stereocenters. The number of aliphatic hydroxyl groups is 1. The highest BCUT2D eigenvalue weighted by atomic mass is 16.7. The molecule has 3 heterocycles. The van der Waals surface area contributed by atoms with Crippen LogP contribution in [-0.2, 0) is 37.0 Å². The number of anilines is 1. The fraction of sp³-hybridized carbons (Fsp3) is 0.455. The number of carbonyl (C=O) groups is 2. The van der Waals surface area contributed by atoms with Gasteiger partial charge >= 0.3 is 5.97 Å². The highest BCUT2D eigenvalue weighted by Gasteiger charge is 2.39. The van der Waals surface area contributed by atoms with Crippen molar-refractivity contribution in [2.75, 3.05) is 37.6 Å². The molecule has 0 radical (unpaired) electrons. The van der Waals surface area contributed by atoms with Crippen molar-refractivity contribution in [2.24, 2.45) is 5.92 Å². The third-order valence-corrected chi connectivity index (χ3v) is 8.20. The van der Waals surface area contributed by atoms with E-state index in [1.165, 1.54) is 6.92 Å². The Kier molecular flexibility index (Phi) is 10.5. The Balaban J connectivity index is 1.26. The molecule has 2 aromatic carbocycles. The molecule has 1 aromatic heterocycles. The van der Waals surface area contributed by atoms with E-state index in [9.17, 15) is 14.7 Å². The van der Waals surface area contributed by atoms with Gasteiger partial charge in [0, 0.05) is 70.1 Å². The van der Waals surface area contributed by atoms with Crippen molar-refractivity contribution in [3.63, 3.8) is 0 Å². The van der Waals surface area contributed by atoms with Crippen molar-refractivity contribution in [2.45, 2.75) is 58.5 Å². The Labute approximate surface area is 258 Å². The van der Waals surface area contributed by atoms with E-state index in [0.717, 1.165) is 60.9 Å². The Morgan fingerprint density at radius 3 is 2.25 bits per heavy atom. The zero-order valence-corrected chi connectivity index (χ0v) is 25.5. The molecule has 2 aliphatic heterocycles. The van der Waals surface area contributed by atoms with Crippen LogP contribution in [0.15, 0.2) is 67.0 Å². The first-order valence-corrected chi connectivity index (χ1v) is 15.1. The number of esters is 1. The van der Waals surface area contributed by atoms with Gasteiger partial charge in [0.1, 0.15) is 0 Å². The van der Waals surface area contributed by atoms with Gasteiger partial charge in [0.25, 0.3) is 5.91 Å². The third kappa shape index (κ3) is 7.97. The predicted molar refractivity (Wildman–Crippen MR) is 163 cm³/mol. The van der Waals surface area contributed by atoms with E-state index in [1.807, 2.05) is 54.6 Å². The molecular formula is C33H41N5O6. The van der Waals surface area contributed by atoms with Crippen molar-refractivity contribution in [3.8, 4) is 0 Å². The SMILES string of the molecule is CC(=O)O[C@@H](C)C(=O)NCc1ccc(C2O[C@H](CN3CCN(c4ncccn4)CC3)[C@H](C)[C@H](c3ccc(CO)cc3)O2)cc1. The highest BCUT2D eigenvalue weighted by molar-refractivity contribution is 5.82. The summed E-state index contributed by atoms with van der Waals surface area (Å²) < 4.78 is 18.2. The molecule has 0 bridgehead atoms. The first-order valence-electron chi connectivity index (χ1n) is 15.1. The summed E-state index contributed by atoms with van der Waals surface area (Å²) in [5, 5.41) is 12.3. The maximum atomic E-state index is 12.2. The van der Waals surface area contributed by atoms with Gasteiger partial charge in [0.05, 0.1) is 18.8 Å². The quantitative estimate of drug-likeness (QED) is 0.334. The number of rotatable bonds is 10. The predicted octanol–water partition coefficient (Wildman–Crippen LogP) is 3.15. The minimum absolute atomic E-state index is 0.00874. The maximum Gasteiger partial charge on any atom is 0.303 e. The number of nitrogens with one attached hydrogen (secondary N) is 1. The number of benzene rings is 2. The van der Waals surface area contributed by atoms with Gasteiger partial charge in [-0.15, -0.1) is 0 Å². The molecule has 2 N–H and O–H groups in total. The summed E-state index contributed by atoms with van der Waals surface area (Å²) in [5.41, 5.74) is 3.68. The van der Waals surface area contributed by atoms with E-state index < -0.39 is 18.4 Å². The first kappa shape index (κ1) is 31.5. The number of ether oxygens (including phenoxy) is 3. The van der Waals surface area contributed by atoms with Gasteiger partial charge in [-0.25, -0.2) is 9.97 Å². The van der Waals surface area contributed by atoms with E-state index in [4.69, 9.17) is 14.2 Å². The molecule has 0 saturated carbocycles. The number of carbonyl (C=O) groups excluding carboxylic acids is 2. The van der Waals surface area contributed by atoms with Gasteiger partial charge in [-0.05, 0) is 29.7 Å². The number of aliphatic hydroxyl groups excluding tert-OH is 1. The molecule has 3 aromatic rings. The Hall–Kier alpha value is -3.90. The van der Waals surface area contributed by atoms with Crippen molar-refractivity contribution in [3.05, 3.63) is 89.2 Å². The largest absolute Gasteiger partial charge is 0.453 e. The minimum atomic E-state index is -0.854. The highest BCUT2D eigenvalue weighted by Crippen LogP contribution is 2.42. The van der Waals surface area contributed by atoms with Gasteiger partial charge in [0.2, 0.25) is 5.95 Å². The summed E-state index contributed by atoms with van der Waals surface area (Å²) in [7, 11) is 0. The van der Waals surface area contributed by atoms with Crippen LogP contribution < -0.4 is 10.2 Å². The number of hydrogen-bond acceptors (Lipinski definition) is 10. The molecule has 2 saturated heterocycles. The topological polar surface area (TPSA) is 126 Å². The lowest BCUT2D eigenvalue weighted by Crippen LogP contribution is -2.51. The van der Waals surface area contributed by atoms with Crippen LogP contribution in [0.2, 0.25) is 0 Å². The molecule has 2 fully saturated rings. The molecule has 5 rings (SSSR count). The van der Waals surface area contributed by atoms with Crippen molar-refractivity contribution in [1.29, 1.82) is 0 Å². The van der Waals surface area contributed by atoms with Gasteiger partial charge in [0.15, 0.2) is 12.4 Å². The third-order valence-electron chi connectivity index (χ3n) is 8.20.